The van der Waals surface area contributed by atoms with E-state index in [1.807, 2.05) is 5.32 Å². The highest BCUT2D eigenvalue weighted by molar-refractivity contribution is 5.97. The third-order valence-electron chi connectivity index (χ3n) is 3.84. The predicted octanol–water partition coefficient (Wildman–Crippen LogP) is 1.82. The van der Waals surface area contributed by atoms with Gasteiger partial charge in [-0.3, -0.25) is 19.7 Å². The number of imide groups is 1. The van der Waals surface area contributed by atoms with Crippen molar-refractivity contribution < 1.29 is 32.7 Å². The summed E-state index contributed by atoms with van der Waals surface area (Å²) in [5.41, 5.74) is -0.0402. The van der Waals surface area contributed by atoms with Crippen LogP contribution in [0.25, 0.3) is 0 Å². The van der Waals surface area contributed by atoms with E-state index < -0.39 is 41.6 Å². The summed E-state index contributed by atoms with van der Waals surface area (Å²) >= 11 is 0. The van der Waals surface area contributed by atoms with E-state index in [1.165, 1.54) is 7.05 Å². The maximum atomic E-state index is 13.6. The third-order valence-corrected chi connectivity index (χ3v) is 3.84. The van der Waals surface area contributed by atoms with Crippen LogP contribution in [0.4, 0.5) is 13.6 Å². The van der Waals surface area contributed by atoms with E-state index in [2.05, 4.69) is 10.6 Å². The standard InChI is InChI=1S/C20H19F2N3O5/c1-23-20(29)25-19(28)17(12-5-3-2-4-6-12)30-16(26)9-10-24-18(27)14-8-7-13(21)11-15(14)22/h2-8,11,17H,9-10H2,1H3,(H,24,27)(H2,23,25,28,29). The van der Waals surface area contributed by atoms with Gasteiger partial charge >= 0.3 is 12.0 Å². The molecule has 3 N–H and O–H groups in total. The Balaban J connectivity index is 1.96. The molecule has 10 heteroatoms. The fourth-order valence-corrected chi connectivity index (χ4v) is 2.38. The maximum Gasteiger partial charge on any atom is 0.321 e. The van der Waals surface area contributed by atoms with E-state index in [0.717, 1.165) is 12.1 Å². The Bertz CT molecular complexity index is 937. The van der Waals surface area contributed by atoms with E-state index in [4.69, 9.17) is 4.74 Å². The summed E-state index contributed by atoms with van der Waals surface area (Å²) in [6, 6.07) is 9.74. The molecule has 2 aromatic rings. The SMILES string of the molecule is CNC(=O)NC(=O)C(OC(=O)CCNC(=O)c1ccc(F)cc1F)c1ccccc1. The molecular weight excluding hydrogens is 400 g/mol. The average molecular weight is 419 g/mol. The van der Waals surface area contributed by atoms with Gasteiger partial charge in [-0.15, -0.1) is 0 Å². The van der Waals surface area contributed by atoms with Crippen molar-refractivity contribution in [3.05, 3.63) is 71.3 Å². The quantitative estimate of drug-likeness (QED) is 0.593. The monoisotopic (exact) mass is 419 g/mol. The van der Waals surface area contributed by atoms with Crippen LogP contribution in [0.2, 0.25) is 0 Å². The van der Waals surface area contributed by atoms with Crippen molar-refractivity contribution in [3.63, 3.8) is 0 Å². The number of halogens is 2. The first-order valence-corrected chi connectivity index (χ1v) is 8.82. The molecule has 0 bridgehead atoms. The average Bonchev–Trinajstić information content (AvgIpc) is 2.72. The van der Waals surface area contributed by atoms with Gasteiger partial charge in [-0.1, -0.05) is 30.3 Å². The summed E-state index contributed by atoms with van der Waals surface area (Å²) < 4.78 is 31.7. The highest BCUT2D eigenvalue weighted by Crippen LogP contribution is 2.18. The second-order valence-corrected chi connectivity index (χ2v) is 5.98. The number of rotatable bonds is 7. The molecule has 0 heterocycles. The number of carbonyl (C=O) groups is 4. The zero-order valence-electron chi connectivity index (χ0n) is 15.9. The molecule has 0 fully saturated rings. The largest absolute Gasteiger partial charge is 0.447 e. The molecule has 0 spiro atoms. The lowest BCUT2D eigenvalue weighted by atomic mass is 10.1. The second-order valence-electron chi connectivity index (χ2n) is 5.98. The Morgan fingerprint density at radius 2 is 1.73 bits per heavy atom. The molecule has 0 aliphatic heterocycles. The van der Waals surface area contributed by atoms with Gasteiger partial charge in [0, 0.05) is 25.2 Å². The van der Waals surface area contributed by atoms with Crippen LogP contribution in [0.5, 0.6) is 0 Å². The molecule has 8 nitrogen and oxygen atoms in total. The molecule has 2 rings (SSSR count). The molecular formula is C20H19F2N3O5. The van der Waals surface area contributed by atoms with Crippen LogP contribution in [0.3, 0.4) is 0 Å². The Morgan fingerprint density at radius 1 is 1.03 bits per heavy atom. The number of esters is 1. The van der Waals surface area contributed by atoms with Gasteiger partial charge in [-0.2, -0.15) is 0 Å². The Hall–Kier alpha value is -3.82. The summed E-state index contributed by atoms with van der Waals surface area (Å²) in [5, 5.41) is 6.55. The van der Waals surface area contributed by atoms with Crippen LogP contribution in [0.1, 0.15) is 28.4 Å². The van der Waals surface area contributed by atoms with Crippen LogP contribution in [0.15, 0.2) is 48.5 Å². The van der Waals surface area contributed by atoms with Crippen LogP contribution in [-0.4, -0.2) is 37.4 Å². The molecule has 0 saturated carbocycles. The number of hydrogen-bond donors (Lipinski definition) is 3. The van der Waals surface area contributed by atoms with E-state index in [1.54, 1.807) is 30.3 Å². The van der Waals surface area contributed by atoms with E-state index >= 15 is 0 Å². The van der Waals surface area contributed by atoms with Crippen molar-refractivity contribution in [2.24, 2.45) is 0 Å². The van der Waals surface area contributed by atoms with Crippen molar-refractivity contribution in [2.45, 2.75) is 12.5 Å². The summed E-state index contributed by atoms with van der Waals surface area (Å²) in [5.74, 6) is -4.39. The number of carbonyl (C=O) groups excluding carboxylic acids is 4. The number of benzene rings is 2. The van der Waals surface area contributed by atoms with E-state index in [9.17, 15) is 28.0 Å². The molecule has 4 amide bonds. The van der Waals surface area contributed by atoms with Crippen LogP contribution < -0.4 is 16.0 Å². The number of amides is 4. The molecule has 0 radical (unpaired) electrons. The van der Waals surface area contributed by atoms with Crippen LogP contribution >= 0.6 is 0 Å². The van der Waals surface area contributed by atoms with Gasteiger partial charge in [0.15, 0.2) is 0 Å². The number of nitrogens with one attached hydrogen (secondary N) is 3. The molecule has 30 heavy (non-hydrogen) atoms. The van der Waals surface area contributed by atoms with Gasteiger partial charge in [0.2, 0.25) is 6.10 Å². The second kappa shape index (κ2) is 10.6. The molecule has 1 unspecified atom stereocenters. The highest BCUT2D eigenvalue weighted by atomic mass is 19.1. The van der Waals surface area contributed by atoms with Gasteiger partial charge in [-0.25, -0.2) is 13.6 Å². The zero-order chi connectivity index (χ0) is 22.1. The van der Waals surface area contributed by atoms with E-state index in [0.29, 0.717) is 11.6 Å². The fourth-order valence-electron chi connectivity index (χ4n) is 2.38. The highest BCUT2D eigenvalue weighted by Gasteiger charge is 2.26. The molecule has 158 valence electrons. The lowest BCUT2D eigenvalue weighted by molar-refractivity contribution is -0.156. The molecule has 0 aromatic heterocycles. The number of ether oxygens (including phenoxy) is 1. The molecule has 0 aliphatic rings. The molecule has 0 saturated heterocycles. The normalized spacial score (nSPS) is 11.2. The fraction of sp³-hybridized carbons (Fsp3) is 0.200. The molecule has 0 aliphatic carbocycles. The Morgan fingerprint density at radius 3 is 2.37 bits per heavy atom. The first-order valence-electron chi connectivity index (χ1n) is 8.82. The minimum Gasteiger partial charge on any atom is -0.447 e. The smallest absolute Gasteiger partial charge is 0.321 e. The number of urea groups is 1. The summed E-state index contributed by atoms with van der Waals surface area (Å²) in [7, 11) is 1.32. The zero-order valence-corrected chi connectivity index (χ0v) is 15.9. The van der Waals surface area contributed by atoms with Gasteiger partial charge < -0.3 is 15.4 Å². The molecule has 1 atom stereocenters. The maximum absolute atomic E-state index is 13.6. The predicted molar refractivity (Wildman–Crippen MR) is 101 cm³/mol. The van der Waals surface area contributed by atoms with Crippen molar-refractivity contribution in [3.8, 4) is 0 Å². The first kappa shape index (κ1) is 22.5. The number of hydrogen-bond acceptors (Lipinski definition) is 5. The summed E-state index contributed by atoms with van der Waals surface area (Å²) in [6.07, 6.45) is -1.72. The van der Waals surface area contributed by atoms with Crippen molar-refractivity contribution in [1.82, 2.24) is 16.0 Å². The van der Waals surface area contributed by atoms with Gasteiger partial charge in [0.05, 0.1) is 12.0 Å². The minimum absolute atomic E-state index is 0.215. The lowest BCUT2D eigenvalue weighted by Gasteiger charge is -2.17. The summed E-state index contributed by atoms with van der Waals surface area (Å²) in [6.45, 7) is -0.215. The lowest BCUT2D eigenvalue weighted by Crippen LogP contribution is -2.41. The topological polar surface area (TPSA) is 114 Å². The first-order chi connectivity index (χ1) is 14.3. The van der Waals surface area contributed by atoms with Crippen molar-refractivity contribution in [2.75, 3.05) is 13.6 Å². The molecule has 2 aromatic carbocycles. The van der Waals surface area contributed by atoms with Crippen molar-refractivity contribution in [1.29, 1.82) is 0 Å². The third kappa shape index (κ3) is 6.36. The van der Waals surface area contributed by atoms with E-state index in [-0.39, 0.29) is 18.5 Å². The minimum atomic E-state index is -1.39. The Labute approximate surface area is 170 Å². The van der Waals surface area contributed by atoms with Gasteiger partial charge in [0.1, 0.15) is 11.6 Å². The van der Waals surface area contributed by atoms with Gasteiger partial charge in [-0.05, 0) is 12.1 Å². The van der Waals surface area contributed by atoms with Crippen LogP contribution in [-0.2, 0) is 14.3 Å². The summed E-state index contributed by atoms with van der Waals surface area (Å²) in [4.78, 5) is 47.7. The van der Waals surface area contributed by atoms with Crippen molar-refractivity contribution >= 4 is 23.8 Å². The van der Waals surface area contributed by atoms with Crippen LogP contribution in [0, 0.1) is 11.6 Å². The Kier molecular flexibility index (Phi) is 7.98. The van der Waals surface area contributed by atoms with Gasteiger partial charge in [0.25, 0.3) is 11.8 Å².